The van der Waals surface area contributed by atoms with Crippen molar-refractivity contribution in [2.45, 2.75) is 13.3 Å². The van der Waals surface area contributed by atoms with Crippen LogP contribution in [-0.4, -0.2) is 15.6 Å². The Kier molecular flexibility index (Phi) is 4.13. The Balaban J connectivity index is 1.64. The van der Waals surface area contributed by atoms with Crippen molar-refractivity contribution in [3.05, 3.63) is 89.7 Å². The number of hydrogen-bond acceptors (Lipinski definition) is 2. The highest BCUT2D eigenvalue weighted by molar-refractivity contribution is 5.97. The maximum atomic E-state index is 12.4. The van der Waals surface area contributed by atoms with Gasteiger partial charge in [0.2, 0.25) is 0 Å². The first-order valence-electron chi connectivity index (χ1n) is 8.72. The van der Waals surface area contributed by atoms with Gasteiger partial charge in [-0.05, 0) is 52.1 Å². The number of aromatic nitrogens is 2. The summed E-state index contributed by atoms with van der Waals surface area (Å²) in [6, 6.07) is 22.9. The van der Waals surface area contributed by atoms with Crippen molar-refractivity contribution in [1.29, 1.82) is 0 Å². The minimum Gasteiger partial charge on any atom is -0.292 e. The van der Waals surface area contributed by atoms with Gasteiger partial charge in [-0.15, -0.1) is 0 Å². The first-order chi connectivity index (χ1) is 12.6. The summed E-state index contributed by atoms with van der Waals surface area (Å²) < 4.78 is 1.62. The summed E-state index contributed by atoms with van der Waals surface area (Å²) in [5.41, 5.74) is 5.40. The van der Waals surface area contributed by atoms with E-state index in [1.54, 1.807) is 24.0 Å². The van der Waals surface area contributed by atoms with Gasteiger partial charge in [0.15, 0.2) is 5.78 Å². The smallest absolute Gasteiger partial charge is 0.185 e. The molecule has 0 spiro atoms. The second-order valence-corrected chi connectivity index (χ2v) is 6.65. The lowest BCUT2D eigenvalue weighted by atomic mass is 9.96. The van der Waals surface area contributed by atoms with Crippen LogP contribution in [0, 0.1) is 6.92 Å². The second-order valence-electron chi connectivity index (χ2n) is 6.65. The molecule has 26 heavy (non-hydrogen) atoms. The number of fused-ring (bicyclic) bond motifs is 1. The van der Waals surface area contributed by atoms with E-state index in [9.17, 15) is 4.79 Å². The number of nitrogens with zero attached hydrogens (tertiary/aromatic N) is 2. The number of carbonyl (C=O) groups is 1. The summed E-state index contributed by atoms with van der Waals surface area (Å²) in [5.74, 6) is 0.0841. The molecule has 0 unspecified atom stereocenters. The van der Waals surface area contributed by atoms with Gasteiger partial charge in [-0.25, -0.2) is 0 Å². The van der Waals surface area contributed by atoms with Gasteiger partial charge in [0.25, 0.3) is 0 Å². The van der Waals surface area contributed by atoms with Gasteiger partial charge in [-0.1, -0.05) is 54.6 Å². The fourth-order valence-electron chi connectivity index (χ4n) is 3.39. The summed E-state index contributed by atoms with van der Waals surface area (Å²) in [5, 5.41) is 6.40. The van der Waals surface area contributed by atoms with Crippen LogP contribution in [0.2, 0.25) is 0 Å². The van der Waals surface area contributed by atoms with Crippen molar-refractivity contribution in [2.75, 3.05) is 0 Å². The number of ketones is 1. The Morgan fingerprint density at radius 3 is 2.50 bits per heavy atom. The molecule has 4 rings (SSSR count). The Morgan fingerprint density at radius 1 is 0.962 bits per heavy atom. The monoisotopic (exact) mass is 340 g/mol. The molecule has 0 saturated heterocycles. The van der Waals surface area contributed by atoms with E-state index in [2.05, 4.69) is 66.6 Å². The quantitative estimate of drug-likeness (QED) is 0.491. The molecule has 0 radical (unpaired) electrons. The standard InChI is InChI=1S/C23H20N2O/c1-16-5-3-4-6-21(16)20-10-9-18-13-17(7-8-19(18)15-20)14-23(26)22-11-12-24-25(22)2/h3-13,15H,14H2,1-2H3. The predicted octanol–water partition coefficient (Wildman–Crippen LogP) is 4.97. The van der Waals surface area contributed by atoms with Crippen LogP contribution in [0.4, 0.5) is 0 Å². The molecule has 0 aliphatic rings. The van der Waals surface area contributed by atoms with Crippen molar-refractivity contribution in [3.8, 4) is 11.1 Å². The zero-order valence-corrected chi connectivity index (χ0v) is 14.9. The third-order valence-electron chi connectivity index (χ3n) is 4.83. The lowest BCUT2D eigenvalue weighted by Crippen LogP contribution is -2.09. The van der Waals surface area contributed by atoms with Crippen LogP contribution in [0.25, 0.3) is 21.9 Å². The molecule has 0 bridgehead atoms. The highest BCUT2D eigenvalue weighted by atomic mass is 16.1. The van der Waals surface area contributed by atoms with Gasteiger partial charge in [0.05, 0.1) is 0 Å². The lowest BCUT2D eigenvalue weighted by Gasteiger charge is -2.09. The van der Waals surface area contributed by atoms with Gasteiger partial charge < -0.3 is 0 Å². The van der Waals surface area contributed by atoms with E-state index in [4.69, 9.17) is 0 Å². The largest absolute Gasteiger partial charge is 0.292 e. The second kappa shape index (κ2) is 6.60. The molecule has 0 atom stereocenters. The highest BCUT2D eigenvalue weighted by Crippen LogP contribution is 2.27. The van der Waals surface area contributed by atoms with Crippen LogP contribution in [0.3, 0.4) is 0 Å². The minimum atomic E-state index is 0.0841. The molecule has 0 amide bonds. The Labute approximate surface area is 152 Å². The average Bonchev–Trinajstić information content (AvgIpc) is 3.08. The molecule has 0 aliphatic carbocycles. The summed E-state index contributed by atoms with van der Waals surface area (Å²) in [6.07, 6.45) is 2.04. The molecule has 1 heterocycles. The zero-order chi connectivity index (χ0) is 18.1. The van der Waals surface area contributed by atoms with Crippen molar-refractivity contribution in [2.24, 2.45) is 7.05 Å². The van der Waals surface area contributed by atoms with E-state index in [1.807, 2.05) is 6.07 Å². The van der Waals surface area contributed by atoms with Crippen LogP contribution in [-0.2, 0) is 13.5 Å². The van der Waals surface area contributed by atoms with Gasteiger partial charge in [0, 0.05) is 19.7 Å². The first-order valence-corrected chi connectivity index (χ1v) is 8.72. The van der Waals surface area contributed by atoms with E-state index in [-0.39, 0.29) is 5.78 Å². The number of Topliss-reactive ketones (excluding diaryl/α,β-unsaturated/α-hetero) is 1. The lowest BCUT2D eigenvalue weighted by molar-refractivity contribution is 0.0984. The molecule has 0 aliphatic heterocycles. The molecule has 1 aromatic heterocycles. The summed E-state index contributed by atoms with van der Waals surface area (Å²) in [6.45, 7) is 2.13. The average molecular weight is 340 g/mol. The first kappa shape index (κ1) is 16.3. The fraction of sp³-hybridized carbons (Fsp3) is 0.130. The summed E-state index contributed by atoms with van der Waals surface area (Å²) in [7, 11) is 1.79. The number of hydrogen-bond donors (Lipinski definition) is 0. The maximum absolute atomic E-state index is 12.4. The Morgan fingerprint density at radius 2 is 1.73 bits per heavy atom. The number of rotatable bonds is 4. The van der Waals surface area contributed by atoms with Gasteiger partial charge in [-0.3, -0.25) is 9.48 Å². The topological polar surface area (TPSA) is 34.9 Å². The molecule has 3 heteroatoms. The van der Waals surface area contributed by atoms with Crippen LogP contribution in [0.5, 0.6) is 0 Å². The third kappa shape index (κ3) is 3.04. The molecular weight excluding hydrogens is 320 g/mol. The molecule has 0 N–H and O–H groups in total. The van der Waals surface area contributed by atoms with E-state index in [0.717, 1.165) is 10.9 Å². The molecule has 0 fully saturated rings. The predicted molar refractivity (Wildman–Crippen MR) is 105 cm³/mol. The fourth-order valence-corrected chi connectivity index (χ4v) is 3.39. The van der Waals surface area contributed by atoms with Gasteiger partial charge in [-0.2, -0.15) is 5.10 Å². The van der Waals surface area contributed by atoms with Gasteiger partial charge >= 0.3 is 0 Å². The van der Waals surface area contributed by atoms with Crippen LogP contribution in [0.15, 0.2) is 72.9 Å². The van der Waals surface area contributed by atoms with E-state index >= 15 is 0 Å². The highest BCUT2D eigenvalue weighted by Gasteiger charge is 2.11. The van der Waals surface area contributed by atoms with Crippen LogP contribution < -0.4 is 0 Å². The van der Waals surface area contributed by atoms with Crippen molar-refractivity contribution in [3.63, 3.8) is 0 Å². The molecular formula is C23H20N2O. The number of benzene rings is 3. The SMILES string of the molecule is Cc1ccccc1-c1ccc2cc(CC(=O)c3ccnn3C)ccc2c1. The van der Waals surface area contributed by atoms with Crippen molar-refractivity contribution in [1.82, 2.24) is 9.78 Å². The Hall–Kier alpha value is -3.20. The third-order valence-corrected chi connectivity index (χ3v) is 4.83. The van der Waals surface area contributed by atoms with E-state index < -0.39 is 0 Å². The van der Waals surface area contributed by atoms with Crippen molar-refractivity contribution < 1.29 is 4.79 Å². The van der Waals surface area contributed by atoms with E-state index in [1.165, 1.54) is 22.1 Å². The summed E-state index contributed by atoms with van der Waals surface area (Å²) >= 11 is 0. The van der Waals surface area contributed by atoms with Crippen LogP contribution in [0.1, 0.15) is 21.6 Å². The van der Waals surface area contributed by atoms with Gasteiger partial charge in [0.1, 0.15) is 5.69 Å². The van der Waals surface area contributed by atoms with E-state index in [0.29, 0.717) is 12.1 Å². The molecule has 3 aromatic carbocycles. The normalized spacial score (nSPS) is 11.0. The molecule has 128 valence electrons. The Bertz CT molecular complexity index is 1110. The maximum Gasteiger partial charge on any atom is 0.185 e. The van der Waals surface area contributed by atoms with Crippen molar-refractivity contribution >= 4 is 16.6 Å². The molecule has 4 aromatic rings. The summed E-state index contributed by atoms with van der Waals surface area (Å²) in [4.78, 5) is 12.4. The molecule has 3 nitrogen and oxygen atoms in total. The molecule has 0 saturated carbocycles. The number of aryl methyl sites for hydroxylation is 2. The number of carbonyl (C=O) groups excluding carboxylic acids is 1. The zero-order valence-electron chi connectivity index (χ0n) is 14.9. The minimum absolute atomic E-state index is 0.0841. The van der Waals surface area contributed by atoms with Crippen LogP contribution >= 0.6 is 0 Å².